The molecule has 0 aliphatic carbocycles. The highest BCUT2D eigenvalue weighted by atomic mass is 35.5. The summed E-state index contributed by atoms with van der Waals surface area (Å²) in [4.78, 5) is 13.1. The molecule has 0 saturated carbocycles. The first-order valence-corrected chi connectivity index (χ1v) is 8.25. The normalized spacial score (nSPS) is 26.7. The number of hydrogen-bond donors (Lipinski definition) is 2. The van der Waals surface area contributed by atoms with Gasteiger partial charge in [0.15, 0.2) is 0 Å². The largest absolute Gasteiger partial charge is 0.348 e. The Hall–Kier alpha value is -1.17. The van der Waals surface area contributed by atoms with Crippen LogP contribution in [0.15, 0.2) is 24.3 Å². The number of amides is 1. The second kappa shape index (κ2) is 6.14. The molecule has 3 nitrogen and oxygen atoms in total. The minimum atomic E-state index is -0.262. The molecule has 2 aliphatic rings. The predicted octanol–water partition coefficient (Wildman–Crippen LogP) is 3.48. The van der Waals surface area contributed by atoms with Crippen molar-refractivity contribution in [2.24, 2.45) is 0 Å². The molecular weight excluding hydrogens is 323 g/mol. The molecule has 2 atom stereocenters. The highest BCUT2D eigenvalue weighted by Gasteiger charge is 2.34. The zero-order valence-electron chi connectivity index (χ0n) is 12.0. The predicted molar refractivity (Wildman–Crippen MR) is 89.5 cm³/mol. The first kappa shape index (κ1) is 15.7. The molecule has 4 rings (SSSR count). The summed E-state index contributed by atoms with van der Waals surface area (Å²) >= 11 is 1.43. The summed E-state index contributed by atoms with van der Waals surface area (Å²) in [5, 5.41) is 7.52. The number of rotatable bonds is 2. The van der Waals surface area contributed by atoms with E-state index in [1.54, 1.807) is 12.1 Å². The van der Waals surface area contributed by atoms with Gasteiger partial charge < -0.3 is 10.6 Å². The van der Waals surface area contributed by atoms with Crippen molar-refractivity contribution in [1.82, 2.24) is 10.6 Å². The standard InChI is InChI=1S/C16H17FN2OS.ClH/c17-10-1-4-14-9(5-10)6-15(21-14)16(20)19-13-7-11-2-3-12(8-13)18-11;/h1,4-6,11-13,18H,2-3,7-8H2,(H,19,20);1H. The average Bonchev–Trinajstić information content (AvgIpc) is 3.02. The number of halogens is 2. The van der Waals surface area contributed by atoms with Crippen molar-refractivity contribution >= 4 is 39.7 Å². The minimum Gasteiger partial charge on any atom is -0.348 e. The van der Waals surface area contributed by atoms with Crippen molar-refractivity contribution in [3.05, 3.63) is 35.0 Å². The van der Waals surface area contributed by atoms with Crippen molar-refractivity contribution in [3.63, 3.8) is 0 Å². The molecule has 1 amide bonds. The summed E-state index contributed by atoms with van der Waals surface area (Å²) in [6.45, 7) is 0. The van der Waals surface area contributed by atoms with Crippen LogP contribution in [0.5, 0.6) is 0 Å². The maximum atomic E-state index is 13.2. The van der Waals surface area contributed by atoms with Crippen molar-refractivity contribution in [2.45, 2.75) is 43.8 Å². The average molecular weight is 341 g/mol. The lowest BCUT2D eigenvalue weighted by Crippen LogP contribution is -2.47. The van der Waals surface area contributed by atoms with Crippen molar-refractivity contribution in [3.8, 4) is 0 Å². The van der Waals surface area contributed by atoms with E-state index in [1.807, 2.05) is 0 Å². The summed E-state index contributed by atoms with van der Waals surface area (Å²) in [7, 11) is 0. The van der Waals surface area contributed by atoms with Gasteiger partial charge >= 0.3 is 0 Å². The molecule has 2 aromatic rings. The van der Waals surface area contributed by atoms with E-state index in [4.69, 9.17) is 0 Å². The van der Waals surface area contributed by atoms with Gasteiger partial charge in [-0.3, -0.25) is 4.79 Å². The van der Waals surface area contributed by atoms with Crippen LogP contribution in [0.25, 0.3) is 10.1 Å². The number of carbonyl (C=O) groups excluding carboxylic acids is 1. The molecule has 2 N–H and O–H groups in total. The lowest BCUT2D eigenvalue weighted by atomic mass is 10.00. The molecule has 0 spiro atoms. The van der Waals surface area contributed by atoms with Gasteiger partial charge in [0, 0.05) is 22.8 Å². The maximum Gasteiger partial charge on any atom is 0.261 e. The molecule has 6 heteroatoms. The fraction of sp³-hybridized carbons (Fsp3) is 0.438. The Morgan fingerprint density at radius 2 is 1.95 bits per heavy atom. The smallest absolute Gasteiger partial charge is 0.261 e. The molecule has 2 aliphatic heterocycles. The Morgan fingerprint density at radius 1 is 1.23 bits per heavy atom. The van der Waals surface area contributed by atoms with Crippen LogP contribution in [-0.4, -0.2) is 24.0 Å². The Labute approximate surface area is 138 Å². The van der Waals surface area contributed by atoms with Crippen molar-refractivity contribution in [2.75, 3.05) is 0 Å². The van der Waals surface area contributed by atoms with E-state index in [0.29, 0.717) is 17.0 Å². The van der Waals surface area contributed by atoms with Gasteiger partial charge in [-0.1, -0.05) is 0 Å². The monoisotopic (exact) mass is 340 g/mol. The Morgan fingerprint density at radius 3 is 2.68 bits per heavy atom. The molecule has 22 heavy (non-hydrogen) atoms. The summed E-state index contributed by atoms with van der Waals surface area (Å²) < 4.78 is 14.2. The lowest BCUT2D eigenvalue weighted by molar-refractivity contribution is 0.0928. The molecule has 2 saturated heterocycles. The number of hydrogen-bond acceptors (Lipinski definition) is 3. The van der Waals surface area contributed by atoms with Gasteiger partial charge in [0.25, 0.3) is 5.91 Å². The zero-order valence-corrected chi connectivity index (χ0v) is 13.6. The van der Waals surface area contributed by atoms with Crippen LogP contribution >= 0.6 is 23.7 Å². The summed E-state index contributed by atoms with van der Waals surface area (Å²) in [6, 6.07) is 7.82. The number of piperidine rings is 1. The van der Waals surface area contributed by atoms with Crippen LogP contribution in [0.1, 0.15) is 35.4 Å². The maximum absolute atomic E-state index is 13.2. The van der Waals surface area contributed by atoms with Crippen molar-refractivity contribution < 1.29 is 9.18 Å². The molecule has 2 bridgehead atoms. The van der Waals surface area contributed by atoms with Crippen LogP contribution in [0.2, 0.25) is 0 Å². The van der Waals surface area contributed by atoms with Crippen LogP contribution in [0, 0.1) is 5.82 Å². The van der Waals surface area contributed by atoms with Crippen LogP contribution in [0.3, 0.4) is 0 Å². The van der Waals surface area contributed by atoms with Gasteiger partial charge in [-0.15, -0.1) is 23.7 Å². The molecular formula is C16H18ClFN2OS. The van der Waals surface area contributed by atoms with E-state index in [2.05, 4.69) is 10.6 Å². The lowest BCUT2D eigenvalue weighted by Gasteiger charge is -2.29. The highest BCUT2D eigenvalue weighted by molar-refractivity contribution is 7.20. The highest BCUT2D eigenvalue weighted by Crippen LogP contribution is 2.29. The number of fused-ring (bicyclic) bond motifs is 3. The zero-order chi connectivity index (χ0) is 14.4. The van der Waals surface area contributed by atoms with Crippen molar-refractivity contribution in [1.29, 1.82) is 0 Å². The first-order valence-electron chi connectivity index (χ1n) is 7.43. The van der Waals surface area contributed by atoms with Crippen LogP contribution < -0.4 is 10.6 Å². The Kier molecular flexibility index (Phi) is 4.39. The Bertz CT molecular complexity index is 693. The van der Waals surface area contributed by atoms with E-state index < -0.39 is 0 Å². The second-order valence-corrected chi connectivity index (χ2v) is 7.16. The van der Waals surface area contributed by atoms with Gasteiger partial charge in [-0.25, -0.2) is 4.39 Å². The van der Waals surface area contributed by atoms with E-state index in [1.165, 1.54) is 36.3 Å². The van der Waals surface area contributed by atoms with E-state index in [0.717, 1.165) is 22.9 Å². The molecule has 2 unspecified atom stereocenters. The number of nitrogens with one attached hydrogen (secondary N) is 2. The minimum absolute atomic E-state index is 0. The van der Waals surface area contributed by atoms with E-state index >= 15 is 0 Å². The third-order valence-corrected chi connectivity index (χ3v) is 5.63. The molecule has 3 heterocycles. The van der Waals surface area contributed by atoms with Crippen LogP contribution in [0.4, 0.5) is 4.39 Å². The van der Waals surface area contributed by atoms with Gasteiger partial charge in [0.1, 0.15) is 5.82 Å². The Balaban J connectivity index is 0.00000144. The third-order valence-electron chi connectivity index (χ3n) is 4.51. The fourth-order valence-corrected chi connectivity index (χ4v) is 4.50. The molecule has 0 radical (unpaired) electrons. The molecule has 1 aromatic heterocycles. The number of benzene rings is 1. The van der Waals surface area contributed by atoms with Gasteiger partial charge in [0.05, 0.1) is 4.88 Å². The van der Waals surface area contributed by atoms with Gasteiger partial charge in [-0.2, -0.15) is 0 Å². The number of carbonyl (C=O) groups is 1. The summed E-state index contributed by atoms with van der Waals surface area (Å²) in [5.41, 5.74) is 0. The third kappa shape index (κ3) is 2.98. The quantitative estimate of drug-likeness (QED) is 0.878. The van der Waals surface area contributed by atoms with Gasteiger partial charge in [-0.05, 0) is 55.3 Å². The van der Waals surface area contributed by atoms with E-state index in [-0.39, 0.29) is 30.2 Å². The van der Waals surface area contributed by atoms with Crippen LogP contribution in [-0.2, 0) is 0 Å². The van der Waals surface area contributed by atoms with E-state index in [9.17, 15) is 9.18 Å². The summed E-state index contributed by atoms with van der Waals surface area (Å²) in [6.07, 6.45) is 4.47. The SMILES string of the molecule is Cl.O=C(NC1CC2CCC(C1)N2)c1cc2cc(F)ccc2s1. The molecule has 118 valence electrons. The molecule has 2 fully saturated rings. The topological polar surface area (TPSA) is 41.1 Å². The summed E-state index contributed by atoms with van der Waals surface area (Å²) in [5.74, 6) is -0.287. The molecule has 1 aromatic carbocycles. The second-order valence-electron chi connectivity index (χ2n) is 6.07. The van der Waals surface area contributed by atoms with Gasteiger partial charge in [0.2, 0.25) is 0 Å². The fourth-order valence-electron chi connectivity index (χ4n) is 3.56. The first-order chi connectivity index (χ1) is 10.2. The number of thiophene rings is 1.